The molecule has 5 nitrogen and oxygen atoms in total. The van der Waals surface area contributed by atoms with E-state index in [0.717, 1.165) is 45.4 Å². The summed E-state index contributed by atoms with van der Waals surface area (Å²) in [6.07, 6.45) is 3.52. The van der Waals surface area contributed by atoms with Gasteiger partial charge in [0, 0.05) is 32.0 Å². The number of nitrogens with one attached hydrogen (secondary N) is 1. The molecule has 2 heterocycles. The Labute approximate surface area is 181 Å². The van der Waals surface area contributed by atoms with Crippen molar-refractivity contribution in [1.82, 2.24) is 15.1 Å². The van der Waals surface area contributed by atoms with Crippen molar-refractivity contribution in [1.29, 1.82) is 0 Å². The first kappa shape index (κ1) is 23.7. The highest BCUT2D eigenvalue weighted by molar-refractivity contribution is 5.89. The molecular formula is C23H36ClN3O2. The third kappa shape index (κ3) is 5.52. The van der Waals surface area contributed by atoms with Crippen LogP contribution in [-0.4, -0.2) is 53.8 Å². The minimum Gasteiger partial charge on any atom is -0.341 e. The predicted octanol–water partition coefficient (Wildman–Crippen LogP) is 3.26. The molecule has 1 aromatic carbocycles. The van der Waals surface area contributed by atoms with Crippen LogP contribution in [0.25, 0.3) is 0 Å². The first-order valence-corrected chi connectivity index (χ1v) is 10.9. The number of amides is 2. The number of carbonyl (C=O) groups is 2. The van der Waals surface area contributed by atoms with Crippen LogP contribution in [0.15, 0.2) is 24.3 Å². The number of piperidine rings is 1. The molecule has 6 heteroatoms. The Kier molecular flexibility index (Phi) is 8.97. The Morgan fingerprint density at radius 3 is 2.41 bits per heavy atom. The van der Waals surface area contributed by atoms with Crippen LogP contribution in [0.1, 0.15) is 51.2 Å². The standard InChI is InChI=1S/C23H35N3O2.ClH/c1-4-17(3)22(27)26-16-20-9-7-6-8-19(20)14-21(26)23(28)25-12-10-18(11-13-25)15-24-5-2;/h6-9,17-18,21,24H,4-5,10-16H2,1-3H3;1H. The van der Waals surface area contributed by atoms with Crippen molar-refractivity contribution in [3.63, 3.8) is 0 Å². The first-order valence-electron chi connectivity index (χ1n) is 10.9. The Bertz CT molecular complexity index is 688. The first-order chi connectivity index (χ1) is 13.5. The van der Waals surface area contributed by atoms with Crippen molar-refractivity contribution in [3.8, 4) is 0 Å². The second-order valence-corrected chi connectivity index (χ2v) is 8.34. The van der Waals surface area contributed by atoms with E-state index in [1.54, 1.807) is 0 Å². The van der Waals surface area contributed by atoms with Crippen LogP contribution in [-0.2, 0) is 22.6 Å². The molecule has 1 saturated heterocycles. The van der Waals surface area contributed by atoms with Crippen molar-refractivity contribution in [2.75, 3.05) is 26.2 Å². The molecular weight excluding hydrogens is 386 g/mol. The normalized spacial score (nSPS) is 20.6. The van der Waals surface area contributed by atoms with Gasteiger partial charge in [0.2, 0.25) is 11.8 Å². The summed E-state index contributed by atoms with van der Waals surface area (Å²) in [6, 6.07) is 7.87. The number of halogens is 1. The summed E-state index contributed by atoms with van der Waals surface area (Å²) in [5.74, 6) is 0.839. The largest absolute Gasteiger partial charge is 0.341 e. The van der Waals surface area contributed by atoms with Gasteiger partial charge in [-0.05, 0) is 49.4 Å². The van der Waals surface area contributed by atoms with Gasteiger partial charge in [-0.2, -0.15) is 0 Å². The van der Waals surface area contributed by atoms with Gasteiger partial charge in [0.05, 0.1) is 0 Å². The maximum Gasteiger partial charge on any atom is 0.245 e. The lowest BCUT2D eigenvalue weighted by Crippen LogP contribution is -2.56. The smallest absolute Gasteiger partial charge is 0.245 e. The maximum absolute atomic E-state index is 13.4. The van der Waals surface area contributed by atoms with E-state index in [1.807, 2.05) is 35.8 Å². The number of benzene rings is 1. The molecule has 2 amide bonds. The van der Waals surface area contributed by atoms with Gasteiger partial charge >= 0.3 is 0 Å². The number of hydrogen-bond acceptors (Lipinski definition) is 3. The third-order valence-electron chi connectivity index (χ3n) is 6.46. The van der Waals surface area contributed by atoms with E-state index in [2.05, 4.69) is 24.4 Å². The van der Waals surface area contributed by atoms with Crippen LogP contribution in [0.2, 0.25) is 0 Å². The Hall–Kier alpha value is -1.59. The van der Waals surface area contributed by atoms with E-state index in [9.17, 15) is 9.59 Å². The number of hydrogen-bond donors (Lipinski definition) is 1. The number of rotatable bonds is 6. The molecule has 0 spiro atoms. The average molecular weight is 422 g/mol. The predicted molar refractivity (Wildman–Crippen MR) is 119 cm³/mol. The summed E-state index contributed by atoms with van der Waals surface area (Å²) in [5.41, 5.74) is 2.38. The van der Waals surface area contributed by atoms with Crippen LogP contribution in [0.3, 0.4) is 0 Å². The van der Waals surface area contributed by atoms with Gasteiger partial charge in [0.15, 0.2) is 0 Å². The third-order valence-corrected chi connectivity index (χ3v) is 6.46. The fourth-order valence-electron chi connectivity index (χ4n) is 4.35. The minimum atomic E-state index is -0.360. The lowest BCUT2D eigenvalue weighted by atomic mass is 9.90. The van der Waals surface area contributed by atoms with E-state index < -0.39 is 0 Å². The zero-order valence-corrected chi connectivity index (χ0v) is 18.8. The van der Waals surface area contributed by atoms with Crippen molar-refractivity contribution in [2.45, 2.75) is 59.0 Å². The lowest BCUT2D eigenvalue weighted by Gasteiger charge is -2.41. The summed E-state index contributed by atoms with van der Waals surface area (Å²) in [7, 11) is 0. The number of carbonyl (C=O) groups excluding carboxylic acids is 2. The van der Waals surface area contributed by atoms with Gasteiger partial charge in [-0.25, -0.2) is 0 Å². The summed E-state index contributed by atoms with van der Waals surface area (Å²) in [5, 5.41) is 3.42. The number of likely N-dealkylation sites (tertiary alicyclic amines) is 1. The molecule has 1 aromatic rings. The topological polar surface area (TPSA) is 52.7 Å². The van der Waals surface area contributed by atoms with Crippen molar-refractivity contribution < 1.29 is 9.59 Å². The minimum absolute atomic E-state index is 0. The molecule has 29 heavy (non-hydrogen) atoms. The van der Waals surface area contributed by atoms with Crippen LogP contribution >= 0.6 is 12.4 Å². The van der Waals surface area contributed by atoms with Crippen LogP contribution in [0.4, 0.5) is 0 Å². The molecule has 2 unspecified atom stereocenters. The van der Waals surface area contributed by atoms with Gasteiger partial charge in [-0.15, -0.1) is 12.4 Å². The molecule has 0 bridgehead atoms. The number of fused-ring (bicyclic) bond motifs is 1. The monoisotopic (exact) mass is 421 g/mol. The highest BCUT2D eigenvalue weighted by atomic mass is 35.5. The molecule has 0 aliphatic carbocycles. The van der Waals surface area contributed by atoms with E-state index in [1.165, 1.54) is 11.1 Å². The maximum atomic E-state index is 13.4. The van der Waals surface area contributed by atoms with E-state index >= 15 is 0 Å². The molecule has 0 aromatic heterocycles. The molecule has 2 aliphatic heterocycles. The molecule has 0 saturated carbocycles. The summed E-state index contributed by atoms with van der Waals surface area (Å²) in [6.45, 7) is 10.3. The number of nitrogens with zero attached hydrogens (tertiary/aromatic N) is 2. The Balaban J connectivity index is 0.00000300. The Morgan fingerprint density at radius 2 is 1.79 bits per heavy atom. The van der Waals surface area contributed by atoms with Crippen LogP contribution in [0.5, 0.6) is 0 Å². The van der Waals surface area contributed by atoms with E-state index in [0.29, 0.717) is 18.9 Å². The second-order valence-electron chi connectivity index (χ2n) is 8.34. The van der Waals surface area contributed by atoms with Gasteiger partial charge in [-0.3, -0.25) is 9.59 Å². The summed E-state index contributed by atoms with van der Waals surface area (Å²) >= 11 is 0. The summed E-state index contributed by atoms with van der Waals surface area (Å²) < 4.78 is 0. The van der Waals surface area contributed by atoms with Crippen molar-refractivity contribution >= 4 is 24.2 Å². The van der Waals surface area contributed by atoms with Crippen molar-refractivity contribution in [3.05, 3.63) is 35.4 Å². The van der Waals surface area contributed by atoms with E-state index in [4.69, 9.17) is 0 Å². The highest BCUT2D eigenvalue weighted by Gasteiger charge is 2.38. The fourth-order valence-corrected chi connectivity index (χ4v) is 4.35. The molecule has 2 aliphatic rings. The van der Waals surface area contributed by atoms with Crippen LogP contribution < -0.4 is 5.32 Å². The van der Waals surface area contributed by atoms with Crippen LogP contribution in [0, 0.1) is 11.8 Å². The molecule has 1 N–H and O–H groups in total. The van der Waals surface area contributed by atoms with Gasteiger partial charge < -0.3 is 15.1 Å². The molecule has 0 radical (unpaired) electrons. The highest BCUT2D eigenvalue weighted by Crippen LogP contribution is 2.28. The van der Waals surface area contributed by atoms with E-state index in [-0.39, 0.29) is 36.2 Å². The zero-order chi connectivity index (χ0) is 20.1. The molecule has 3 rings (SSSR count). The SMILES string of the molecule is CCNCC1CCN(C(=O)C2Cc3ccccc3CN2C(=O)C(C)CC)CC1.Cl. The van der Waals surface area contributed by atoms with Gasteiger partial charge in [-0.1, -0.05) is 45.0 Å². The van der Waals surface area contributed by atoms with Gasteiger partial charge in [0.1, 0.15) is 6.04 Å². The summed E-state index contributed by atoms with van der Waals surface area (Å²) in [4.78, 5) is 30.3. The molecule has 1 fully saturated rings. The molecule has 162 valence electrons. The lowest BCUT2D eigenvalue weighted by molar-refractivity contribution is -0.150. The fraction of sp³-hybridized carbons (Fsp3) is 0.652. The second kappa shape index (κ2) is 11.0. The quantitative estimate of drug-likeness (QED) is 0.767. The Morgan fingerprint density at radius 1 is 1.14 bits per heavy atom. The zero-order valence-electron chi connectivity index (χ0n) is 18.0. The average Bonchev–Trinajstić information content (AvgIpc) is 2.75. The van der Waals surface area contributed by atoms with Gasteiger partial charge in [0.25, 0.3) is 0 Å². The van der Waals surface area contributed by atoms with Crippen molar-refractivity contribution in [2.24, 2.45) is 11.8 Å². The molecule has 2 atom stereocenters.